The normalized spacial score (nSPS) is 37.8. The van der Waals surface area contributed by atoms with Gasteiger partial charge in [-0.1, -0.05) is 6.92 Å². The maximum absolute atomic E-state index is 5.73. The zero-order valence-electron chi connectivity index (χ0n) is 7.88. The molecule has 0 spiro atoms. The van der Waals surface area contributed by atoms with E-state index in [-0.39, 0.29) is 0 Å². The Bertz CT molecular complexity index is 145. The van der Waals surface area contributed by atoms with Gasteiger partial charge in [0, 0.05) is 6.61 Å². The maximum Gasteiger partial charge on any atom is 0.0581 e. The van der Waals surface area contributed by atoms with Crippen molar-refractivity contribution in [2.75, 3.05) is 19.7 Å². The molecule has 0 radical (unpaired) electrons. The van der Waals surface area contributed by atoms with Crippen molar-refractivity contribution in [2.45, 2.75) is 32.3 Å². The summed E-state index contributed by atoms with van der Waals surface area (Å²) in [5.74, 6) is 1.79. The van der Waals surface area contributed by atoms with Gasteiger partial charge in [0.25, 0.3) is 0 Å². The molecule has 0 aromatic carbocycles. The predicted molar refractivity (Wildman–Crippen MR) is 49.1 cm³/mol. The van der Waals surface area contributed by atoms with Crippen LogP contribution in [-0.4, -0.2) is 25.8 Å². The summed E-state index contributed by atoms with van der Waals surface area (Å²) in [5.41, 5.74) is 0. The fourth-order valence-electron chi connectivity index (χ4n) is 2.12. The minimum atomic E-state index is 0.570. The number of nitrogens with one attached hydrogen (secondary N) is 1. The topological polar surface area (TPSA) is 21.3 Å². The SMILES string of the molecule is C[C@H]1CCOC(CC2CNC2)C1. The first kappa shape index (κ1) is 8.52. The third-order valence-corrected chi connectivity index (χ3v) is 3.09. The molecule has 1 unspecified atom stereocenters. The lowest BCUT2D eigenvalue weighted by molar-refractivity contribution is -0.0219. The van der Waals surface area contributed by atoms with Gasteiger partial charge in [-0.15, -0.1) is 0 Å². The molecule has 2 nitrogen and oxygen atoms in total. The summed E-state index contributed by atoms with van der Waals surface area (Å²) in [6, 6.07) is 0. The summed E-state index contributed by atoms with van der Waals surface area (Å²) in [7, 11) is 0. The lowest BCUT2D eigenvalue weighted by Crippen LogP contribution is -2.44. The Labute approximate surface area is 74.7 Å². The molecule has 0 saturated carbocycles. The molecular formula is C10H19NO. The van der Waals surface area contributed by atoms with E-state index in [2.05, 4.69) is 12.2 Å². The average Bonchev–Trinajstić information content (AvgIpc) is 1.97. The number of rotatable bonds is 2. The van der Waals surface area contributed by atoms with Gasteiger partial charge in [-0.25, -0.2) is 0 Å². The van der Waals surface area contributed by atoms with Crippen LogP contribution in [0.15, 0.2) is 0 Å². The van der Waals surface area contributed by atoms with Gasteiger partial charge < -0.3 is 10.1 Å². The third kappa shape index (κ3) is 1.99. The van der Waals surface area contributed by atoms with E-state index in [1.807, 2.05) is 0 Å². The molecule has 0 aromatic heterocycles. The van der Waals surface area contributed by atoms with Crippen LogP contribution >= 0.6 is 0 Å². The Kier molecular flexibility index (Phi) is 2.66. The predicted octanol–water partition coefficient (Wildman–Crippen LogP) is 1.41. The molecule has 2 heteroatoms. The van der Waals surface area contributed by atoms with Crippen LogP contribution in [0.25, 0.3) is 0 Å². The van der Waals surface area contributed by atoms with Crippen molar-refractivity contribution in [3.8, 4) is 0 Å². The van der Waals surface area contributed by atoms with Crippen molar-refractivity contribution in [3.63, 3.8) is 0 Å². The van der Waals surface area contributed by atoms with Crippen LogP contribution in [0.1, 0.15) is 26.2 Å². The fraction of sp³-hybridized carbons (Fsp3) is 1.00. The highest BCUT2D eigenvalue weighted by Gasteiger charge is 2.25. The van der Waals surface area contributed by atoms with Crippen LogP contribution < -0.4 is 5.32 Å². The number of hydrogen-bond acceptors (Lipinski definition) is 2. The Morgan fingerprint density at radius 1 is 1.42 bits per heavy atom. The van der Waals surface area contributed by atoms with E-state index in [4.69, 9.17) is 4.74 Å². The molecule has 70 valence electrons. The summed E-state index contributed by atoms with van der Waals surface area (Å²) < 4.78 is 5.73. The van der Waals surface area contributed by atoms with Crippen LogP contribution in [-0.2, 0) is 4.74 Å². The first-order valence-electron chi connectivity index (χ1n) is 5.17. The van der Waals surface area contributed by atoms with Gasteiger partial charge in [-0.05, 0) is 44.2 Å². The van der Waals surface area contributed by atoms with Crippen LogP contribution in [0.3, 0.4) is 0 Å². The standard InChI is InChI=1S/C10H19NO/c1-8-2-3-12-10(4-8)5-9-6-11-7-9/h8-11H,2-7H2,1H3/t8-,10?/m0/s1. The van der Waals surface area contributed by atoms with Crippen molar-refractivity contribution in [3.05, 3.63) is 0 Å². The number of ether oxygens (including phenoxy) is 1. The van der Waals surface area contributed by atoms with Crippen molar-refractivity contribution < 1.29 is 4.74 Å². The molecule has 2 aliphatic heterocycles. The van der Waals surface area contributed by atoms with Crippen molar-refractivity contribution >= 4 is 0 Å². The largest absolute Gasteiger partial charge is 0.378 e. The summed E-state index contributed by atoms with van der Waals surface area (Å²) in [6.45, 7) is 5.77. The van der Waals surface area contributed by atoms with E-state index in [1.165, 1.54) is 32.4 Å². The van der Waals surface area contributed by atoms with Crippen LogP contribution in [0.4, 0.5) is 0 Å². The van der Waals surface area contributed by atoms with Crippen LogP contribution in [0.2, 0.25) is 0 Å². The van der Waals surface area contributed by atoms with E-state index < -0.39 is 0 Å². The van der Waals surface area contributed by atoms with E-state index >= 15 is 0 Å². The Morgan fingerprint density at radius 2 is 2.25 bits per heavy atom. The molecular weight excluding hydrogens is 150 g/mol. The Balaban J connectivity index is 1.71. The first-order chi connectivity index (χ1) is 5.84. The summed E-state index contributed by atoms with van der Waals surface area (Å²) in [6.07, 6.45) is 4.41. The van der Waals surface area contributed by atoms with E-state index in [0.29, 0.717) is 6.10 Å². The fourth-order valence-corrected chi connectivity index (χ4v) is 2.12. The smallest absolute Gasteiger partial charge is 0.0581 e. The Hall–Kier alpha value is -0.0800. The van der Waals surface area contributed by atoms with Gasteiger partial charge in [0.15, 0.2) is 0 Å². The van der Waals surface area contributed by atoms with Crippen LogP contribution in [0, 0.1) is 11.8 Å². The zero-order chi connectivity index (χ0) is 8.39. The van der Waals surface area contributed by atoms with E-state index in [0.717, 1.165) is 18.4 Å². The maximum atomic E-state index is 5.73. The minimum Gasteiger partial charge on any atom is -0.378 e. The van der Waals surface area contributed by atoms with Crippen molar-refractivity contribution in [1.29, 1.82) is 0 Å². The molecule has 2 saturated heterocycles. The molecule has 0 amide bonds. The molecule has 0 aliphatic carbocycles. The van der Waals surface area contributed by atoms with Crippen LogP contribution in [0.5, 0.6) is 0 Å². The molecule has 1 N–H and O–H groups in total. The molecule has 2 heterocycles. The van der Waals surface area contributed by atoms with E-state index in [1.54, 1.807) is 0 Å². The first-order valence-corrected chi connectivity index (χ1v) is 5.17. The molecule has 0 bridgehead atoms. The third-order valence-electron chi connectivity index (χ3n) is 3.09. The molecule has 2 rings (SSSR count). The summed E-state index contributed by atoms with van der Waals surface area (Å²) in [5, 5.41) is 3.31. The van der Waals surface area contributed by atoms with E-state index in [9.17, 15) is 0 Å². The molecule has 2 aliphatic rings. The van der Waals surface area contributed by atoms with Gasteiger partial charge in [0.05, 0.1) is 6.10 Å². The quantitative estimate of drug-likeness (QED) is 0.675. The van der Waals surface area contributed by atoms with Gasteiger partial charge in [0.2, 0.25) is 0 Å². The van der Waals surface area contributed by atoms with Gasteiger partial charge in [-0.3, -0.25) is 0 Å². The van der Waals surface area contributed by atoms with Crippen molar-refractivity contribution in [1.82, 2.24) is 5.32 Å². The lowest BCUT2D eigenvalue weighted by Gasteiger charge is -2.34. The highest BCUT2D eigenvalue weighted by atomic mass is 16.5. The lowest BCUT2D eigenvalue weighted by atomic mass is 9.89. The minimum absolute atomic E-state index is 0.570. The molecule has 2 fully saturated rings. The highest BCUT2D eigenvalue weighted by Crippen LogP contribution is 2.25. The highest BCUT2D eigenvalue weighted by molar-refractivity contribution is 4.80. The number of hydrogen-bond donors (Lipinski definition) is 1. The Morgan fingerprint density at radius 3 is 2.83 bits per heavy atom. The second-order valence-electron chi connectivity index (χ2n) is 4.38. The monoisotopic (exact) mass is 169 g/mol. The second-order valence-corrected chi connectivity index (χ2v) is 4.38. The van der Waals surface area contributed by atoms with Gasteiger partial charge in [0.1, 0.15) is 0 Å². The summed E-state index contributed by atoms with van der Waals surface area (Å²) in [4.78, 5) is 0. The van der Waals surface area contributed by atoms with Gasteiger partial charge in [-0.2, -0.15) is 0 Å². The molecule has 12 heavy (non-hydrogen) atoms. The summed E-state index contributed by atoms with van der Waals surface area (Å²) >= 11 is 0. The average molecular weight is 169 g/mol. The molecule has 2 atom stereocenters. The molecule has 0 aromatic rings. The van der Waals surface area contributed by atoms with Gasteiger partial charge >= 0.3 is 0 Å². The van der Waals surface area contributed by atoms with Crippen molar-refractivity contribution in [2.24, 2.45) is 11.8 Å². The zero-order valence-corrected chi connectivity index (χ0v) is 7.88. The second kappa shape index (κ2) is 3.75.